The third-order valence-corrected chi connectivity index (χ3v) is 5.16. The van der Waals surface area contributed by atoms with E-state index in [1.165, 1.54) is 6.08 Å². The smallest absolute Gasteiger partial charge is 0.458 e. The first kappa shape index (κ1) is 25.6. The lowest BCUT2D eigenvalue weighted by atomic mass is 9.94. The fraction of sp³-hybridized carbons (Fsp3) is 0.571. The van der Waals surface area contributed by atoms with Gasteiger partial charge in [0.05, 0.1) is 17.9 Å². The number of aliphatic hydroxyl groups is 1. The number of thiol groups is 1. The van der Waals surface area contributed by atoms with Crippen molar-refractivity contribution in [3.05, 3.63) is 12.7 Å². The average Bonchev–Trinajstić information content (AvgIpc) is 2.59. The second-order valence-corrected chi connectivity index (χ2v) is 10.6. The quantitative estimate of drug-likeness (QED) is 0.120. The Bertz CT molecular complexity index is 632. The maximum atomic E-state index is 12.3. The number of thioether (sulfide) groups is 1. The van der Waals surface area contributed by atoms with Gasteiger partial charge in [0.2, 0.25) is 15.9 Å². The van der Waals surface area contributed by atoms with Gasteiger partial charge >= 0.3 is 12.1 Å². The number of esters is 1. The van der Waals surface area contributed by atoms with Gasteiger partial charge in [0.25, 0.3) is 0 Å². The molecule has 0 radical (unpaired) electrons. The van der Waals surface area contributed by atoms with Crippen molar-refractivity contribution in [1.29, 1.82) is 0 Å². The first-order chi connectivity index (χ1) is 13.0. The van der Waals surface area contributed by atoms with Crippen molar-refractivity contribution in [2.75, 3.05) is 19.8 Å². The molecule has 1 saturated heterocycles. The lowest BCUT2D eigenvalue weighted by Gasteiger charge is -2.47. The number of carbonyl (C=O) groups excluding carboxylic acids is 3. The molecule has 3 atom stereocenters. The number of ether oxygens (including phenoxy) is 3. The number of hydrogen-bond donors (Lipinski definition) is 2. The zero-order chi connectivity index (χ0) is 21.5. The van der Waals surface area contributed by atoms with E-state index in [0.29, 0.717) is 0 Å². The van der Waals surface area contributed by atoms with Crippen LogP contribution in [0.1, 0.15) is 6.42 Å². The summed E-state index contributed by atoms with van der Waals surface area (Å²) in [5.74, 6) is -2.23. The summed E-state index contributed by atoms with van der Waals surface area (Å²) in [6.45, 7) is 2.58. The highest BCUT2D eigenvalue weighted by molar-refractivity contribution is 8.41. The predicted molar refractivity (Wildman–Crippen MR) is 113 cm³/mol. The molecule has 1 fully saturated rings. The molecule has 0 aromatic rings. The van der Waals surface area contributed by atoms with Crippen molar-refractivity contribution < 1.29 is 33.7 Å². The van der Waals surface area contributed by atoms with Crippen LogP contribution < -0.4 is 0 Å². The van der Waals surface area contributed by atoms with Gasteiger partial charge in [0.15, 0.2) is 0 Å². The topological polar surface area (TPSA) is 102 Å². The van der Waals surface area contributed by atoms with Crippen molar-refractivity contribution in [3.63, 3.8) is 0 Å². The van der Waals surface area contributed by atoms with E-state index in [1.807, 2.05) is 0 Å². The molecule has 3 unspecified atom stereocenters. The van der Waals surface area contributed by atoms with E-state index in [4.69, 9.17) is 56.5 Å². The van der Waals surface area contributed by atoms with E-state index in [1.54, 1.807) is 0 Å². The van der Waals surface area contributed by atoms with Gasteiger partial charge in [0, 0.05) is 0 Å². The van der Waals surface area contributed by atoms with Gasteiger partial charge in [-0.3, -0.25) is 9.69 Å². The van der Waals surface area contributed by atoms with Crippen molar-refractivity contribution in [2.45, 2.75) is 21.8 Å². The first-order valence-electron chi connectivity index (χ1n) is 7.51. The van der Waals surface area contributed by atoms with Crippen LogP contribution in [0.2, 0.25) is 0 Å². The number of alkyl halides is 3. The van der Waals surface area contributed by atoms with Gasteiger partial charge in [-0.2, -0.15) is 0 Å². The Morgan fingerprint density at radius 1 is 1.39 bits per heavy atom. The molecule has 0 saturated carbocycles. The number of aliphatic hydroxyl groups excluding tert-OH is 1. The van der Waals surface area contributed by atoms with Gasteiger partial charge in [-0.05, 0) is 6.42 Å². The standard InChI is InChI=1S/C14H16Cl3NO7S3/c1-2-4-23-11(21)9(20)18-8(19)7(10(18)28-13(26)27)3-5-24-12(22)25-6-14(15,16)17/h2,7,9-10,20H,1,3-6H2,(H,26,27). The molecule has 158 valence electrons. The van der Waals surface area contributed by atoms with Gasteiger partial charge in [-0.25, -0.2) is 9.59 Å². The molecule has 8 nitrogen and oxygen atoms in total. The van der Waals surface area contributed by atoms with Crippen LogP contribution in [0.4, 0.5) is 4.79 Å². The zero-order valence-corrected chi connectivity index (χ0v) is 18.9. The minimum Gasteiger partial charge on any atom is -0.458 e. The molecule has 14 heteroatoms. The fourth-order valence-corrected chi connectivity index (χ4v) is 3.84. The minimum atomic E-state index is -1.81. The number of thiocarbonyl (C=S) groups is 1. The molecule has 0 spiro atoms. The predicted octanol–water partition coefficient (Wildman–Crippen LogP) is 2.68. The third kappa shape index (κ3) is 8.13. The van der Waals surface area contributed by atoms with Crippen molar-refractivity contribution in [1.82, 2.24) is 4.90 Å². The molecule has 1 aliphatic heterocycles. The van der Waals surface area contributed by atoms with Crippen LogP contribution in [-0.2, 0) is 23.8 Å². The number of halogens is 3. The lowest BCUT2D eigenvalue weighted by Crippen LogP contribution is -2.65. The summed E-state index contributed by atoms with van der Waals surface area (Å²) in [4.78, 5) is 36.5. The van der Waals surface area contributed by atoms with Gasteiger partial charge in [-0.15, -0.1) is 12.6 Å². The Morgan fingerprint density at radius 3 is 2.57 bits per heavy atom. The number of amides is 1. The fourth-order valence-electron chi connectivity index (χ4n) is 2.10. The lowest BCUT2D eigenvalue weighted by molar-refractivity contribution is -0.184. The molecule has 1 aliphatic rings. The van der Waals surface area contributed by atoms with E-state index in [9.17, 15) is 19.5 Å². The van der Waals surface area contributed by atoms with E-state index in [0.717, 1.165) is 16.7 Å². The Hall–Kier alpha value is -0.430. The first-order valence-corrected chi connectivity index (χ1v) is 10.4. The summed E-state index contributed by atoms with van der Waals surface area (Å²) in [5, 5.41) is 9.38. The van der Waals surface area contributed by atoms with Crippen LogP contribution in [0.25, 0.3) is 0 Å². The highest BCUT2D eigenvalue weighted by atomic mass is 35.6. The SMILES string of the molecule is C=CCOC(=O)C(O)N1C(=O)C(CCOC(=O)OCC(Cl)(Cl)Cl)C1SC(=S)S. The second-order valence-electron chi connectivity index (χ2n) is 5.21. The van der Waals surface area contributed by atoms with E-state index < -0.39 is 46.0 Å². The molecular weight excluding hydrogens is 497 g/mol. The molecule has 0 bridgehead atoms. The van der Waals surface area contributed by atoms with Gasteiger partial charge in [-0.1, -0.05) is 71.4 Å². The Kier molecular flexibility index (Phi) is 10.7. The molecule has 1 rings (SSSR count). The van der Waals surface area contributed by atoms with Crippen LogP contribution in [0, 0.1) is 5.92 Å². The molecule has 0 aromatic heterocycles. The maximum absolute atomic E-state index is 12.3. The van der Waals surface area contributed by atoms with Crippen molar-refractivity contribution in [2.24, 2.45) is 5.92 Å². The van der Waals surface area contributed by atoms with Crippen molar-refractivity contribution >= 4 is 93.0 Å². The summed E-state index contributed by atoms with van der Waals surface area (Å²) >= 11 is 26.2. The summed E-state index contributed by atoms with van der Waals surface area (Å²) in [6, 6.07) is 0. The highest BCUT2D eigenvalue weighted by Crippen LogP contribution is 2.40. The maximum Gasteiger partial charge on any atom is 0.508 e. The molecule has 28 heavy (non-hydrogen) atoms. The van der Waals surface area contributed by atoms with E-state index in [-0.39, 0.29) is 23.2 Å². The van der Waals surface area contributed by atoms with Crippen LogP contribution in [0.5, 0.6) is 0 Å². The minimum absolute atomic E-state index is 0.0840. The molecule has 0 aromatic carbocycles. The molecular formula is C14H16Cl3NO7S3. The highest BCUT2D eigenvalue weighted by Gasteiger charge is 2.52. The molecule has 0 aliphatic carbocycles. The Balaban J connectivity index is 2.60. The second kappa shape index (κ2) is 11.7. The number of nitrogens with zero attached hydrogens (tertiary/aromatic N) is 1. The van der Waals surface area contributed by atoms with E-state index >= 15 is 0 Å². The third-order valence-electron chi connectivity index (χ3n) is 3.23. The number of β-lactam (4-membered cyclic amide) rings is 1. The normalized spacial score (nSPS) is 20.0. The summed E-state index contributed by atoms with van der Waals surface area (Å²) in [6.07, 6.45) is -1.48. The number of hydrogen-bond acceptors (Lipinski definition) is 9. The Labute approximate surface area is 191 Å². The number of rotatable bonds is 9. The largest absolute Gasteiger partial charge is 0.508 e. The molecule has 1 amide bonds. The average molecular weight is 513 g/mol. The van der Waals surface area contributed by atoms with E-state index in [2.05, 4.69) is 23.9 Å². The van der Waals surface area contributed by atoms with Crippen LogP contribution >= 0.6 is 71.4 Å². The van der Waals surface area contributed by atoms with Crippen LogP contribution in [-0.4, -0.2) is 66.8 Å². The summed E-state index contributed by atoms with van der Waals surface area (Å²) < 4.78 is 12.5. The summed E-state index contributed by atoms with van der Waals surface area (Å²) in [7, 11) is 0. The van der Waals surface area contributed by atoms with Crippen LogP contribution in [0.3, 0.4) is 0 Å². The summed E-state index contributed by atoms with van der Waals surface area (Å²) in [5.41, 5.74) is 0. The zero-order valence-electron chi connectivity index (χ0n) is 14.1. The van der Waals surface area contributed by atoms with Crippen molar-refractivity contribution in [3.8, 4) is 0 Å². The van der Waals surface area contributed by atoms with Gasteiger partial charge in [0.1, 0.15) is 16.7 Å². The molecule has 1 N–H and O–H groups in total. The van der Waals surface area contributed by atoms with Crippen LogP contribution in [0.15, 0.2) is 12.7 Å². The Morgan fingerprint density at radius 2 is 2.04 bits per heavy atom. The number of carbonyl (C=O) groups is 3. The van der Waals surface area contributed by atoms with Gasteiger partial charge < -0.3 is 19.3 Å². The molecule has 1 heterocycles. The monoisotopic (exact) mass is 511 g/mol. The number of likely N-dealkylation sites (tertiary alicyclic amines) is 1.